The zero-order valence-corrected chi connectivity index (χ0v) is 19.8. The summed E-state index contributed by atoms with van der Waals surface area (Å²) in [6.07, 6.45) is -1.50. The molecule has 0 heterocycles. The number of phenolic OH excluding ortho intramolecular Hbond substituents is 1. The van der Waals surface area contributed by atoms with Crippen molar-refractivity contribution >= 4 is 35.6 Å². The highest BCUT2D eigenvalue weighted by atomic mass is 16.4. The summed E-state index contributed by atoms with van der Waals surface area (Å²) in [5.41, 5.74) is 11.1. The molecule has 0 saturated heterocycles. The number of primary amides is 1. The third-order valence-electron chi connectivity index (χ3n) is 5.12. The molecule has 15 nitrogen and oxygen atoms in total. The molecule has 1 rings (SSSR count). The van der Waals surface area contributed by atoms with Gasteiger partial charge >= 0.3 is 11.9 Å². The standard InChI is InChI=1S/C22H31N5O10/c23-13(5-7-17(24)30)19(33)27-16(10-28)21(35)25-14(6-8-18(31)32)20(34)26-15(22(36)37)9-11-1-3-12(29)4-2-11/h1-4,13-16,28-29H,5-10,23H2,(H2,24,30)(H,25,35)(H,26,34)(H,27,33)(H,31,32)(H,36,37). The Labute approximate surface area is 211 Å². The molecule has 0 aliphatic carbocycles. The molecule has 4 unspecified atom stereocenters. The molecule has 11 N–H and O–H groups in total. The van der Waals surface area contributed by atoms with Gasteiger partial charge in [-0.3, -0.25) is 24.0 Å². The van der Waals surface area contributed by atoms with Crippen LogP contribution in [0.3, 0.4) is 0 Å². The fourth-order valence-electron chi connectivity index (χ4n) is 3.05. The number of carboxylic acid groups (broad SMARTS) is 2. The van der Waals surface area contributed by atoms with E-state index in [2.05, 4.69) is 16.0 Å². The molecule has 0 bridgehead atoms. The van der Waals surface area contributed by atoms with E-state index in [0.717, 1.165) is 0 Å². The number of hydrogen-bond donors (Lipinski definition) is 9. The van der Waals surface area contributed by atoms with Crippen LogP contribution in [0, 0.1) is 0 Å². The van der Waals surface area contributed by atoms with Gasteiger partial charge in [-0.25, -0.2) is 4.79 Å². The number of phenols is 1. The molecule has 4 amide bonds. The Hall–Kier alpha value is -4.24. The zero-order valence-electron chi connectivity index (χ0n) is 19.8. The van der Waals surface area contributed by atoms with Crippen LogP contribution in [0.2, 0.25) is 0 Å². The minimum atomic E-state index is -1.58. The Morgan fingerprint density at radius 3 is 1.84 bits per heavy atom. The number of nitrogens with two attached hydrogens (primary N) is 2. The first-order valence-corrected chi connectivity index (χ1v) is 11.1. The number of amides is 4. The highest BCUT2D eigenvalue weighted by Gasteiger charge is 2.30. The lowest BCUT2D eigenvalue weighted by molar-refractivity contribution is -0.143. The van der Waals surface area contributed by atoms with Gasteiger partial charge in [0.1, 0.15) is 23.9 Å². The average Bonchev–Trinajstić information content (AvgIpc) is 2.83. The number of carbonyl (C=O) groups excluding carboxylic acids is 4. The number of hydrogen-bond acceptors (Lipinski definition) is 9. The van der Waals surface area contributed by atoms with E-state index in [1.54, 1.807) is 0 Å². The number of aliphatic hydroxyl groups excluding tert-OH is 1. The largest absolute Gasteiger partial charge is 0.508 e. The molecule has 0 aliphatic heterocycles. The number of carbonyl (C=O) groups is 6. The Bertz CT molecular complexity index is 985. The normalized spacial score (nSPS) is 13.9. The predicted molar refractivity (Wildman–Crippen MR) is 126 cm³/mol. The average molecular weight is 526 g/mol. The van der Waals surface area contributed by atoms with Crippen LogP contribution in [0.25, 0.3) is 0 Å². The van der Waals surface area contributed by atoms with Crippen LogP contribution in [0.1, 0.15) is 31.2 Å². The van der Waals surface area contributed by atoms with E-state index in [4.69, 9.17) is 16.6 Å². The van der Waals surface area contributed by atoms with E-state index >= 15 is 0 Å². The lowest BCUT2D eigenvalue weighted by Crippen LogP contribution is -2.58. The van der Waals surface area contributed by atoms with Crippen molar-refractivity contribution in [1.29, 1.82) is 0 Å². The van der Waals surface area contributed by atoms with E-state index in [-0.39, 0.29) is 25.0 Å². The summed E-state index contributed by atoms with van der Waals surface area (Å²) in [5.74, 6) is -6.40. The molecule has 0 aliphatic rings. The molecule has 1 aromatic rings. The Balaban J connectivity index is 2.93. The molecule has 204 valence electrons. The Morgan fingerprint density at radius 1 is 0.784 bits per heavy atom. The maximum Gasteiger partial charge on any atom is 0.326 e. The molecule has 0 saturated carbocycles. The van der Waals surface area contributed by atoms with E-state index in [0.29, 0.717) is 5.56 Å². The minimum Gasteiger partial charge on any atom is -0.508 e. The lowest BCUT2D eigenvalue weighted by atomic mass is 10.0. The number of nitrogens with one attached hydrogen (secondary N) is 3. The van der Waals surface area contributed by atoms with Gasteiger partial charge in [0.2, 0.25) is 23.6 Å². The summed E-state index contributed by atoms with van der Waals surface area (Å²) >= 11 is 0. The molecule has 0 spiro atoms. The highest BCUT2D eigenvalue weighted by Crippen LogP contribution is 2.12. The van der Waals surface area contributed by atoms with Crippen LogP contribution in [0.4, 0.5) is 0 Å². The summed E-state index contributed by atoms with van der Waals surface area (Å²) in [6.45, 7) is -0.911. The zero-order chi connectivity index (χ0) is 28.1. The summed E-state index contributed by atoms with van der Waals surface area (Å²) in [4.78, 5) is 71.2. The van der Waals surface area contributed by atoms with Gasteiger partial charge in [0.05, 0.1) is 12.6 Å². The van der Waals surface area contributed by atoms with Gasteiger partial charge in [-0.1, -0.05) is 12.1 Å². The van der Waals surface area contributed by atoms with E-state index in [9.17, 15) is 44.1 Å². The van der Waals surface area contributed by atoms with Crippen molar-refractivity contribution in [3.8, 4) is 5.75 Å². The molecule has 1 aromatic carbocycles. The van der Waals surface area contributed by atoms with Crippen LogP contribution in [-0.2, 0) is 35.2 Å². The number of rotatable bonds is 16. The summed E-state index contributed by atoms with van der Waals surface area (Å²) in [7, 11) is 0. The maximum atomic E-state index is 12.8. The van der Waals surface area contributed by atoms with Crippen molar-refractivity contribution in [2.45, 2.75) is 56.3 Å². The summed E-state index contributed by atoms with van der Waals surface area (Å²) < 4.78 is 0. The first kappa shape index (κ1) is 30.8. The monoisotopic (exact) mass is 525 g/mol. The van der Waals surface area contributed by atoms with Crippen molar-refractivity contribution in [2.75, 3.05) is 6.61 Å². The third-order valence-corrected chi connectivity index (χ3v) is 5.12. The van der Waals surface area contributed by atoms with Crippen molar-refractivity contribution in [3.05, 3.63) is 29.8 Å². The second-order valence-corrected chi connectivity index (χ2v) is 8.12. The van der Waals surface area contributed by atoms with Gasteiger partial charge in [-0.2, -0.15) is 0 Å². The molecular formula is C22H31N5O10. The first-order chi connectivity index (χ1) is 17.3. The van der Waals surface area contributed by atoms with Gasteiger partial charge < -0.3 is 47.8 Å². The first-order valence-electron chi connectivity index (χ1n) is 11.1. The van der Waals surface area contributed by atoms with Crippen LogP contribution < -0.4 is 27.4 Å². The van der Waals surface area contributed by atoms with Crippen LogP contribution in [0.15, 0.2) is 24.3 Å². The van der Waals surface area contributed by atoms with Gasteiger partial charge in [-0.05, 0) is 30.5 Å². The fourth-order valence-corrected chi connectivity index (χ4v) is 3.05. The van der Waals surface area contributed by atoms with Crippen LogP contribution in [-0.4, -0.2) is 86.8 Å². The van der Waals surface area contributed by atoms with Crippen molar-refractivity contribution < 1.29 is 49.2 Å². The summed E-state index contributed by atoms with van der Waals surface area (Å²) in [6, 6.07) is -0.244. The van der Waals surface area contributed by atoms with Crippen molar-refractivity contribution in [2.24, 2.45) is 11.5 Å². The van der Waals surface area contributed by atoms with Crippen LogP contribution >= 0.6 is 0 Å². The maximum absolute atomic E-state index is 12.8. The van der Waals surface area contributed by atoms with Crippen LogP contribution in [0.5, 0.6) is 5.75 Å². The van der Waals surface area contributed by atoms with Gasteiger partial charge in [-0.15, -0.1) is 0 Å². The number of aromatic hydroxyl groups is 1. The Morgan fingerprint density at radius 2 is 1.32 bits per heavy atom. The minimum absolute atomic E-state index is 0.0459. The molecule has 4 atom stereocenters. The lowest BCUT2D eigenvalue weighted by Gasteiger charge is -2.24. The second kappa shape index (κ2) is 15.0. The molecular weight excluding hydrogens is 494 g/mol. The third kappa shape index (κ3) is 11.4. The van der Waals surface area contributed by atoms with Crippen molar-refractivity contribution in [1.82, 2.24) is 16.0 Å². The molecule has 0 aromatic heterocycles. The summed E-state index contributed by atoms with van der Waals surface area (Å²) in [5, 5.41) is 44.0. The SMILES string of the molecule is NC(=O)CCC(N)C(=O)NC(CO)C(=O)NC(CCC(=O)O)C(=O)NC(Cc1ccc(O)cc1)C(=O)O. The van der Waals surface area contributed by atoms with Crippen molar-refractivity contribution in [3.63, 3.8) is 0 Å². The molecule has 0 fully saturated rings. The van der Waals surface area contributed by atoms with E-state index < -0.39 is 79.2 Å². The molecule has 0 radical (unpaired) electrons. The number of benzene rings is 1. The molecule has 15 heteroatoms. The predicted octanol–water partition coefficient (Wildman–Crippen LogP) is -3.08. The fraction of sp³-hybridized carbons (Fsp3) is 0.455. The molecule has 37 heavy (non-hydrogen) atoms. The Kier molecular flexibility index (Phi) is 12.5. The number of aliphatic hydroxyl groups is 1. The van der Waals surface area contributed by atoms with Gasteiger partial charge in [0.25, 0.3) is 0 Å². The van der Waals surface area contributed by atoms with Gasteiger partial charge in [0, 0.05) is 19.3 Å². The number of carboxylic acids is 2. The topological polar surface area (TPSA) is 271 Å². The number of aliphatic carboxylic acids is 2. The highest BCUT2D eigenvalue weighted by molar-refractivity contribution is 5.94. The van der Waals surface area contributed by atoms with Gasteiger partial charge in [0.15, 0.2) is 0 Å². The smallest absolute Gasteiger partial charge is 0.326 e. The second-order valence-electron chi connectivity index (χ2n) is 8.12. The van der Waals surface area contributed by atoms with E-state index in [1.165, 1.54) is 24.3 Å². The van der Waals surface area contributed by atoms with E-state index in [1.807, 2.05) is 0 Å². The quantitative estimate of drug-likeness (QED) is 0.104.